The highest BCUT2D eigenvalue weighted by atomic mass is 16.5. The molecule has 0 atom stereocenters. The van der Waals surface area contributed by atoms with Crippen molar-refractivity contribution in [2.45, 2.75) is 90.4 Å². The van der Waals surface area contributed by atoms with E-state index < -0.39 is 5.97 Å². The van der Waals surface area contributed by atoms with Crippen LogP contribution in [0.15, 0.2) is 72.8 Å². The molecule has 0 aliphatic carbocycles. The van der Waals surface area contributed by atoms with E-state index in [-0.39, 0.29) is 11.9 Å². The molecule has 0 aromatic heterocycles. The van der Waals surface area contributed by atoms with E-state index in [0.29, 0.717) is 48.1 Å². The van der Waals surface area contributed by atoms with Gasteiger partial charge in [0.05, 0.1) is 18.8 Å². The summed E-state index contributed by atoms with van der Waals surface area (Å²) in [4.78, 5) is 36.2. The average Bonchev–Trinajstić information content (AvgIpc) is 3.07. The molecular formula is C39H50N2O7. The smallest absolute Gasteiger partial charge is 0.338 e. The molecule has 3 rings (SSSR count). The molecule has 0 unspecified atom stereocenters. The number of esters is 3. The summed E-state index contributed by atoms with van der Waals surface area (Å²) in [5.41, 5.74) is 13.6. The summed E-state index contributed by atoms with van der Waals surface area (Å²) in [6.07, 6.45) is 16.2. The molecule has 0 bridgehead atoms. The van der Waals surface area contributed by atoms with Crippen LogP contribution in [0, 0.1) is 0 Å². The number of ether oxygens (including phenoxy) is 4. The van der Waals surface area contributed by atoms with Crippen molar-refractivity contribution in [3.63, 3.8) is 0 Å². The SMILES string of the molecule is CCCCCC(=O)Oc1ccc(OC(=O)C=Cc2ccc(OCCCCCCCCCCCOC(=O)c3cc(N)cc(N)c3)cc2)cc1. The Bertz CT molecular complexity index is 1420. The fourth-order valence-electron chi connectivity index (χ4n) is 4.94. The van der Waals surface area contributed by atoms with E-state index in [4.69, 9.17) is 30.4 Å². The first-order valence-corrected chi connectivity index (χ1v) is 17.1. The van der Waals surface area contributed by atoms with Gasteiger partial charge < -0.3 is 30.4 Å². The third kappa shape index (κ3) is 15.7. The van der Waals surface area contributed by atoms with Crippen molar-refractivity contribution in [3.05, 3.63) is 83.9 Å². The zero-order valence-electron chi connectivity index (χ0n) is 28.1. The molecule has 48 heavy (non-hydrogen) atoms. The minimum absolute atomic E-state index is 0.263. The second kappa shape index (κ2) is 21.9. The fraction of sp³-hybridized carbons (Fsp3) is 0.410. The minimum atomic E-state index is -0.500. The van der Waals surface area contributed by atoms with Crippen molar-refractivity contribution in [3.8, 4) is 17.2 Å². The summed E-state index contributed by atoms with van der Waals surface area (Å²) in [5, 5.41) is 0. The standard InChI is InChI=1S/C39H50N2O7/c1-2-3-11-14-37(42)47-35-20-22-36(23-21-35)48-38(43)24-17-30-15-18-34(19-16-30)45-25-12-9-7-5-4-6-8-10-13-26-46-39(44)31-27-32(40)29-33(41)28-31/h15-24,27-29H,2-14,25-26,40-41H2,1H3. The van der Waals surface area contributed by atoms with Crippen LogP contribution in [0.1, 0.15) is 106 Å². The lowest BCUT2D eigenvalue weighted by Crippen LogP contribution is -2.07. The summed E-state index contributed by atoms with van der Waals surface area (Å²) in [5.74, 6) is 0.440. The van der Waals surface area contributed by atoms with Crippen LogP contribution in [0.4, 0.5) is 11.4 Å². The van der Waals surface area contributed by atoms with Crippen LogP contribution in [0.3, 0.4) is 0 Å². The highest BCUT2D eigenvalue weighted by Crippen LogP contribution is 2.20. The normalized spacial score (nSPS) is 10.9. The number of anilines is 2. The quantitative estimate of drug-likeness (QED) is 0.0356. The van der Waals surface area contributed by atoms with Crippen molar-refractivity contribution in [2.75, 3.05) is 24.7 Å². The van der Waals surface area contributed by atoms with Gasteiger partial charge in [0.1, 0.15) is 17.2 Å². The van der Waals surface area contributed by atoms with Gasteiger partial charge in [-0.3, -0.25) is 4.79 Å². The topological polar surface area (TPSA) is 140 Å². The molecule has 0 fully saturated rings. The van der Waals surface area contributed by atoms with Gasteiger partial charge in [0, 0.05) is 23.9 Å². The molecule has 0 aliphatic heterocycles. The maximum Gasteiger partial charge on any atom is 0.338 e. The Labute approximate surface area is 284 Å². The molecule has 3 aromatic rings. The van der Waals surface area contributed by atoms with Gasteiger partial charge >= 0.3 is 17.9 Å². The van der Waals surface area contributed by atoms with Gasteiger partial charge in [0.2, 0.25) is 0 Å². The lowest BCUT2D eigenvalue weighted by atomic mass is 10.1. The minimum Gasteiger partial charge on any atom is -0.494 e. The number of nitrogen functional groups attached to an aromatic ring is 2. The second-order valence-corrected chi connectivity index (χ2v) is 11.8. The summed E-state index contributed by atoms with van der Waals surface area (Å²) in [6, 6.07) is 18.7. The summed E-state index contributed by atoms with van der Waals surface area (Å²) >= 11 is 0. The van der Waals surface area contributed by atoms with Crippen LogP contribution in [0.5, 0.6) is 17.2 Å². The molecule has 0 radical (unpaired) electrons. The van der Waals surface area contributed by atoms with Gasteiger partial charge in [-0.1, -0.05) is 76.8 Å². The van der Waals surface area contributed by atoms with Crippen molar-refractivity contribution in [1.29, 1.82) is 0 Å². The van der Waals surface area contributed by atoms with Gasteiger partial charge in [-0.2, -0.15) is 0 Å². The number of rotatable bonds is 22. The Morgan fingerprint density at radius 3 is 1.77 bits per heavy atom. The molecule has 3 aromatic carbocycles. The monoisotopic (exact) mass is 658 g/mol. The summed E-state index contributed by atoms with van der Waals surface area (Å²) < 4.78 is 21.8. The van der Waals surface area contributed by atoms with Gasteiger partial charge in [-0.15, -0.1) is 0 Å². The molecule has 0 heterocycles. The molecule has 0 saturated carbocycles. The van der Waals surface area contributed by atoms with Crippen molar-refractivity contribution >= 4 is 35.4 Å². The zero-order valence-corrected chi connectivity index (χ0v) is 28.1. The van der Waals surface area contributed by atoms with Crippen LogP contribution < -0.4 is 25.7 Å². The van der Waals surface area contributed by atoms with E-state index in [2.05, 4.69) is 6.92 Å². The van der Waals surface area contributed by atoms with Crippen LogP contribution >= 0.6 is 0 Å². The Kier molecular flexibility index (Phi) is 17.2. The van der Waals surface area contributed by atoms with Gasteiger partial charge in [0.15, 0.2) is 0 Å². The molecule has 9 heteroatoms. The summed E-state index contributed by atoms with van der Waals surface area (Å²) in [7, 11) is 0. The highest BCUT2D eigenvalue weighted by Gasteiger charge is 2.09. The van der Waals surface area contributed by atoms with E-state index >= 15 is 0 Å². The molecule has 9 nitrogen and oxygen atoms in total. The van der Waals surface area contributed by atoms with Crippen LogP contribution in [-0.2, 0) is 14.3 Å². The van der Waals surface area contributed by atoms with Gasteiger partial charge in [-0.05, 0) is 85.5 Å². The molecule has 0 saturated heterocycles. The molecular weight excluding hydrogens is 608 g/mol. The maximum absolute atomic E-state index is 12.2. The number of hydrogen-bond donors (Lipinski definition) is 2. The lowest BCUT2D eigenvalue weighted by molar-refractivity contribution is -0.134. The number of hydrogen-bond acceptors (Lipinski definition) is 9. The van der Waals surface area contributed by atoms with Crippen LogP contribution in [0.2, 0.25) is 0 Å². The third-order valence-corrected chi connectivity index (χ3v) is 7.55. The first-order chi connectivity index (χ1) is 23.3. The first-order valence-electron chi connectivity index (χ1n) is 17.1. The van der Waals surface area contributed by atoms with Crippen molar-refractivity contribution < 1.29 is 33.3 Å². The van der Waals surface area contributed by atoms with E-state index in [1.807, 2.05) is 24.3 Å². The predicted molar refractivity (Wildman–Crippen MR) is 190 cm³/mol. The number of carbonyl (C=O) groups is 3. The van der Waals surface area contributed by atoms with E-state index in [1.165, 1.54) is 31.8 Å². The predicted octanol–water partition coefficient (Wildman–Crippen LogP) is 8.70. The largest absolute Gasteiger partial charge is 0.494 e. The van der Waals surface area contributed by atoms with E-state index in [0.717, 1.165) is 62.7 Å². The number of carbonyl (C=O) groups excluding carboxylic acids is 3. The Hall–Kier alpha value is -4.79. The number of benzene rings is 3. The van der Waals surface area contributed by atoms with Crippen molar-refractivity contribution in [2.24, 2.45) is 0 Å². The maximum atomic E-state index is 12.2. The number of unbranched alkanes of at least 4 members (excludes halogenated alkanes) is 10. The van der Waals surface area contributed by atoms with E-state index in [9.17, 15) is 14.4 Å². The van der Waals surface area contributed by atoms with Crippen LogP contribution in [-0.4, -0.2) is 31.1 Å². The average molecular weight is 659 g/mol. The second-order valence-electron chi connectivity index (χ2n) is 11.8. The Morgan fingerprint density at radius 1 is 0.625 bits per heavy atom. The van der Waals surface area contributed by atoms with Gasteiger partial charge in [-0.25, -0.2) is 9.59 Å². The van der Waals surface area contributed by atoms with Crippen molar-refractivity contribution in [1.82, 2.24) is 0 Å². The number of nitrogens with two attached hydrogens (primary N) is 2. The van der Waals surface area contributed by atoms with Gasteiger partial charge in [0.25, 0.3) is 0 Å². The van der Waals surface area contributed by atoms with Crippen LogP contribution in [0.25, 0.3) is 6.08 Å². The fourth-order valence-corrected chi connectivity index (χ4v) is 4.94. The Morgan fingerprint density at radius 2 is 1.17 bits per heavy atom. The highest BCUT2D eigenvalue weighted by molar-refractivity contribution is 5.91. The molecule has 0 spiro atoms. The molecule has 0 aliphatic rings. The summed E-state index contributed by atoms with van der Waals surface area (Å²) in [6.45, 7) is 3.15. The zero-order chi connectivity index (χ0) is 34.4. The molecule has 0 amide bonds. The third-order valence-electron chi connectivity index (χ3n) is 7.55. The molecule has 4 N–H and O–H groups in total. The lowest BCUT2D eigenvalue weighted by Gasteiger charge is -2.07. The Balaban J connectivity index is 1.17. The van der Waals surface area contributed by atoms with E-state index in [1.54, 1.807) is 48.5 Å². The molecule has 258 valence electrons. The first kappa shape index (κ1) is 37.7.